The molecule has 0 saturated carbocycles. The third kappa shape index (κ3) is 2.21. The van der Waals surface area contributed by atoms with Gasteiger partial charge >= 0.3 is 0 Å². The second-order valence-electron chi connectivity index (χ2n) is 7.45. The smallest absolute Gasteiger partial charge is 0.256 e. The van der Waals surface area contributed by atoms with Gasteiger partial charge in [-0.3, -0.25) is 4.79 Å². The standard InChI is InChI=1S/C22H28N2O/c1-10-11(2)14(5)20-18(13(10)4)19(22(25)23-20)16(7)21-15(6)12(3)17(8)24(21)9/h1-9H3,(H,23,25)/b19-16-. The normalized spacial score (nSPS) is 15.5. The second-order valence-corrected chi connectivity index (χ2v) is 7.45. The minimum Gasteiger partial charge on any atom is -0.348 e. The summed E-state index contributed by atoms with van der Waals surface area (Å²) in [5, 5.41) is 3.13. The first kappa shape index (κ1) is 17.5. The van der Waals surface area contributed by atoms with E-state index in [1.165, 1.54) is 39.1 Å². The van der Waals surface area contributed by atoms with Crippen molar-refractivity contribution in [2.24, 2.45) is 7.05 Å². The number of hydrogen-bond acceptors (Lipinski definition) is 1. The van der Waals surface area contributed by atoms with Crippen molar-refractivity contribution in [3.8, 4) is 0 Å². The van der Waals surface area contributed by atoms with Gasteiger partial charge in [0, 0.05) is 24.0 Å². The highest BCUT2D eigenvalue weighted by molar-refractivity contribution is 6.37. The molecule has 0 fully saturated rings. The lowest BCUT2D eigenvalue weighted by molar-refractivity contribution is -0.110. The summed E-state index contributed by atoms with van der Waals surface area (Å²) >= 11 is 0. The maximum Gasteiger partial charge on any atom is 0.256 e. The fourth-order valence-electron chi connectivity index (χ4n) is 4.20. The van der Waals surface area contributed by atoms with E-state index >= 15 is 0 Å². The lowest BCUT2D eigenvalue weighted by Gasteiger charge is -2.16. The molecule has 0 radical (unpaired) electrons. The van der Waals surface area contributed by atoms with E-state index in [0.29, 0.717) is 0 Å². The Labute approximate surface area is 150 Å². The lowest BCUT2D eigenvalue weighted by atomic mass is 9.88. The molecule has 0 unspecified atom stereocenters. The van der Waals surface area contributed by atoms with Crippen molar-refractivity contribution < 1.29 is 4.79 Å². The molecule has 1 aromatic heterocycles. The quantitative estimate of drug-likeness (QED) is 0.725. The first-order valence-electron chi connectivity index (χ1n) is 8.85. The average Bonchev–Trinajstić information content (AvgIpc) is 3.01. The van der Waals surface area contributed by atoms with Crippen molar-refractivity contribution in [2.45, 2.75) is 55.4 Å². The molecule has 0 atom stereocenters. The van der Waals surface area contributed by atoms with E-state index in [1.54, 1.807) is 0 Å². The Balaban J connectivity index is 2.40. The van der Waals surface area contributed by atoms with Crippen molar-refractivity contribution in [3.05, 3.63) is 50.3 Å². The van der Waals surface area contributed by atoms with E-state index in [9.17, 15) is 4.79 Å². The first-order valence-corrected chi connectivity index (χ1v) is 8.85. The largest absolute Gasteiger partial charge is 0.348 e. The van der Waals surface area contributed by atoms with Crippen LogP contribution in [-0.4, -0.2) is 10.5 Å². The summed E-state index contributed by atoms with van der Waals surface area (Å²) in [6, 6.07) is 0. The van der Waals surface area contributed by atoms with E-state index in [2.05, 4.69) is 72.3 Å². The third-order valence-corrected chi connectivity index (χ3v) is 6.43. The summed E-state index contributed by atoms with van der Waals surface area (Å²) in [6.07, 6.45) is 0. The number of nitrogens with one attached hydrogen (secondary N) is 1. The highest BCUT2D eigenvalue weighted by Gasteiger charge is 2.32. The minimum atomic E-state index is 0.0135. The van der Waals surface area contributed by atoms with Gasteiger partial charge in [-0.05, 0) is 94.3 Å². The summed E-state index contributed by atoms with van der Waals surface area (Å²) in [5.74, 6) is 0.0135. The summed E-state index contributed by atoms with van der Waals surface area (Å²) < 4.78 is 2.21. The summed E-state index contributed by atoms with van der Waals surface area (Å²) in [7, 11) is 2.08. The van der Waals surface area contributed by atoms with Crippen molar-refractivity contribution in [1.29, 1.82) is 0 Å². The molecule has 132 valence electrons. The van der Waals surface area contributed by atoms with E-state index < -0.39 is 0 Å². The highest BCUT2D eigenvalue weighted by atomic mass is 16.2. The number of amides is 1. The Morgan fingerprint density at radius 3 is 1.88 bits per heavy atom. The van der Waals surface area contributed by atoms with Gasteiger partial charge in [-0.1, -0.05) is 0 Å². The van der Waals surface area contributed by atoms with Gasteiger partial charge in [0.2, 0.25) is 0 Å². The van der Waals surface area contributed by atoms with Crippen molar-refractivity contribution >= 4 is 22.7 Å². The Morgan fingerprint density at radius 2 is 1.36 bits per heavy atom. The Kier molecular flexibility index (Phi) is 3.94. The summed E-state index contributed by atoms with van der Waals surface area (Å²) in [6.45, 7) is 17.0. The number of benzene rings is 1. The molecule has 2 heterocycles. The molecule has 0 aliphatic carbocycles. The molecule has 1 amide bonds. The van der Waals surface area contributed by atoms with Gasteiger partial charge in [0.15, 0.2) is 0 Å². The van der Waals surface area contributed by atoms with E-state index in [0.717, 1.165) is 28.1 Å². The number of carbonyl (C=O) groups excluding carboxylic acids is 1. The topological polar surface area (TPSA) is 34.0 Å². The zero-order chi connectivity index (χ0) is 18.8. The van der Waals surface area contributed by atoms with Crippen LogP contribution in [0.15, 0.2) is 0 Å². The maximum absolute atomic E-state index is 12.9. The van der Waals surface area contributed by atoms with Crippen LogP contribution in [0, 0.1) is 48.5 Å². The van der Waals surface area contributed by atoms with Crippen LogP contribution in [-0.2, 0) is 11.8 Å². The minimum absolute atomic E-state index is 0.0135. The molecule has 1 N–H and O–H groups in total. The van der Waals surface area contributed by atoms with Crippen molar-refractivity contribution in [3.63, 3.8) is 0 Å². The second kappa shape index (κ2) is 5.62. The fourth-order valence-corrected chi connectivity index (χ4v) is 4.20. The van der Waals surface area contributed by atoms with Crippen molar-refractivity contribution in [2.75, 3.05) is 5.32 Å². The molecule has 3 nitrogen and oxygen atoms in total. The van der Waals surface area contributed by atoms with Crippen LogP contribution in [0.25, 0.3) is 11.1 Å². The predicted octanol–water partition coefficient (Wildman–Crippen LogP) is 5.07. The Morgan fingerprint density at radius 1 is 0.800 bits per heavy atom. The third-order valence-electron chi connectivity index (χ3n) is 6.43. The number of nitrogens with zero attached hydrogens (tertiary/aromatic N) is 1. The van der Waals surface area contributed by atoms with Gasteiger partial charge in [0.25, 0.3) is 5.91 Å². The number of fused-ring (bicyclic) bond motifs is 1. The Hall–Kier alpha value is -2.29. The van der Waals surface area contributed by atoms with Crippen LogP contribution in [0.5, 0.6) is 0 Å². The van der Waals surface area contributed by atoms with E-state index in [4.69, 9.17) is 0 Å². The van der Waals surface area contributed by atoms with E-state index in [1.807, 2.05) is 0 Å². The van der Waals surface area contributed by atoms with Gasteiger partial charge in [0.05, 0.1) is 11.3 Å². The lowest BCUT2D eigenvalue weighted by Crippen LogP contribution is -2.07. The van der Waals surface area contributed by atoms with E-state index in [-0.39, 0.29) is 5.91 Å². The molecule has 2 aromatic rings. The number of carbonyl (C=O) groups is 1. The molecule has 1 aromatic carbocycles. The van der Waals surface area contributed by atoms with Crippen LogP contribution in [0.2, 0.25) is 0 Å². The van der Waals surface area contributed by atoms with Gasteiger partial charge in [-0.15, -0.1) is 0 Å². The number of rotatable bonds is 1. The molecule has 3 rings (SSSR count). The molecular formula is C22H28N2O. The van der Waals surface area contributed by atoms with Crippen LogP contribution >= 0.6 is 0 Å². The zero-order valence-corrected chi connectivity index (χ0v) is 16.9. The van der Waals surface area contributed by atoms with Crippen LogP contribution < -0.4 is 5.32 Å². The van der Waals surface area contributed by atoms with Gasteiger partial charge < -0.3 is 9.88 Å². The van der Waals surface area contributed by atoms with Gasteiger partial charge in [0.1, 0.15) is 0 Å². The monoisotopic (exact) mass is 336 g/mol. The SMILES string of the molecule is C/C(=C1/C(=O)Nc2c(C)c(C)c(C)c(C)c21)c1c(C)c(C)c(C)n1C. The van der Waals surface area contributed by atoms with Crippen LogP contribution in [0.3, 0.4) is 0 Å². The predicted molar refractivity (Wildman–Crippen MR) is 106 cm³/mol. The first-order chi connectivity index (χ1) is 11.6. The molecule has 0 saturated heterocycles. The van der Waals surface area contributed by atoms with Crippen LogP contribution in [0.4, 0.5) is 5.69 Å². The molecule has 1 aliphatic heterocycles. The average molecular weight is 336 g/mol. The van der Waals surface area contributed by atoms with Gasteiger partial charge in [-0.25, -0.2) is 0 Å². The zero-order valence-electron chi connectivity index (χ0n) is 16.9. The number of allylic oxidation sites excluding steroid dienone is 1. The molecule has 0 bridgehead atoms. The summed E-state index contributed by atoms with van der Waals surface area (Å²) in [5.41, 5.74) is 13.8. The number of anilines is 1. The van der Waals surface area contributed by atoms with Crippen molar-refractivity contribution in [1.82, 2.24) is 4.57 Å². The fraction of sp³-hybridized carbons (Fsp3) is 0.409. The van der Waals surface area contributed by atoms with Gasteiger partial charge in [-0.2, -0.15) is 0 Å². The molecular weight excluding hydrogens is 308 g/mol. The molecule has 3 heteroatoms. The molecule has 1 aliphatic rings. The van der Waals surface area contributed by atoms with Crippen LogP contribution in [0.1, 0.15) is 57.3 Å². The highest BCUT2D eigenvalue weighted by Crippen LogP contribution is 2.44. The number of aromatic nitrogens is 1. The maximum atomic E-state index is 12.9. The molecule has 0 spiro atoms. The Bertz CT molecular complexity index is 946. The number of hydrogen-bond donors (Lipinski definition) is 1. The summed E-state index contributed by atoms with van der Waals surface area (Å²) in [4.78, 5) is 12.9. The molecule has 25 heavy (non-hydrogen) atoms.